The second-order valence-corrected chi connectivity index (χ2v) is 7.56. The molecule has 0 aromatic carbocycles. The van der Waals surface area contributed by atoms with Crippen LogP contribution in [0.4, 0.5) is 11.4 Å². The summed E-state index contributed by atoms with van der Waals surface area (Å²) in [5.41, 5.74) is 1.95. The van der Waals surface area contributed by atoms with Crippen LogP contribution in [0.15, 0.2) is 53.0 Å². The highest BCUT2D eigenvalue weighted by atomic mass is 32.1. The Bertz CT molecular complexity index is 1270. The lowest BCUT2D eigenvalue weighted by molar-refractivity contribution is 0.102. The van der Waals surface area contributed by atoms with Crippen LogP contribution in [-0.4, -0.2) is 56.2 Å². The second-order valence-electron chi connectivity index (χ2n) is 6.72. The van der Waals surface area contributed by atoms with E-state index in [1.165, 1.54) is 20.4 Å². The lowest BCUT2D eigenvalue weighted by atomic mass is 10.2. The van der Waals surface area contributed by atoms with Gasteiger partial charge in [0.15, 0.2) is 5.65 Å². The zero-order valence-corrected chi connectivity index (χ0v) is 16.7. The van der Waals surface area contributed by atoms with Crippen LogP contribution in [-0.2, 0) is 0 Å². The number of fused-ring (bicyclic) bond motifs is 1. The summed E-state index contributed by atoms with van der Waals surface area (Å²) in [7, 11) is 0. The van der Waals surface area contributed by atoms with Crippen molar-refractivity contribution in [3.8, 4) is 5.13 Å². The van der Waals surface area contributed by atoms with E-state index in [1.54, 1.807) is 42.2 Å². The monoisotopic (exact) mass is 422 g/mol. The topological polar surface area (TPSA) is 109 Å². The van der Waals surface area contributed by atoms with Gasteiger partial charge in [0.1, 0.15) is 5.69 Å². The summed E-state index contributed by atoms with van der Waals surface area (Å²) in [5.74, 6) is -0.362. The number of hydrogen-bond donors (Lipinski definition) is 2. The number of pyridine rings is 2. The Labute approximate surface area is 174 Å². The van der Waals surface area contributed by atoms with Gasteiger partial charge in [0, 0.05) is 44.0 Å². The van der Waals surface area contributed by atoms with Gasteiger partial charge in [0.2, 0.25) is 5.13 Å². The summed E-state index contributed by atoms with van der Waals surface area (Å²) in [4.78, 5) is 36.0. The van der Waals surface area contributed by atoms with Crippen molar-refractivity contribution in [2.75, 3.05) is 36.4 Å². The molecular weight excluding hydrogens is 404 g/mol. The summed E-state index contributed by atoms with van der Waals surface area (Å²) >= 11 is 1.18. The molecule has 0 spiro atoms. The van der Waals surface area contributed by atoms with Gasteiger partial charge in [-0.25, -0.2) is 14.2 Å². The van der Waals surface area contributed by atoms with Gasteiger partial charge in [-0.2, -0.15) is 4.68 Å². The zero-order chi connectivity index (χ0) is 20.5. The third-order valence-corrected chi connectivity index (χ3v) is 5.65. The minimum absolute atomic E-state index is 0.217. The van der Waals surface area contributed by atoms with Crippen molar-refractivity contribution in [2.45, 2.75) is 0 Å². The highest BCUT2D eigenvalue weighted by Gasteiger charge is 2.19. The normalized spacial score (nSPS) is 14.2. The van der Waals surface area contributed by atoms with Gasteiger partial charge in [0.25, 0.3) is 5.91 Å². The summed E-state index contributed by atoms with van der Waals surface area (Å²) in [6.07, 6.45) is 4.99. The molecule has 2 N–H and O–H groups in total. The second kappa shape index (κ2) is 7.69. The van der Waals surface area contributed by atoms with E-state index < -0.39 is 0 Å². The number of carbonyl (C=O) groups excluding carboxylic acids is 1. The first-order chi connectivity index (χ1) is 14.7. The number of thiazole rings is 1. The number of rotatable bonds is 4. The van der Waals surface area contributed by atoms with Crippen LogP contribution in [0, 0.1) is 0 Å². The average Bonchev–Trinajstić information content (AvgIpc) is 3.40. The smallest absolute Gasteiger partial charge is 0.357 e. The summed E-state index contributed by atoms with van der Waals surface area (Å²) in [6.45, 7) is 3.48. The predicted octanol–water partition coefficient (Wildman–Crippen LogP) is 0.999. The number of hydrogen-bond acceptors (Lipinski definition) is 8. The predicted molar refractivity (Wildman–Crippen MR) is 114 cm³/mol. The fraction of sp³-hybridized carbons (Fsp3) is 0.211. The maximum atomic E-state index is 12.8. The van der Waals surface area contributed by atoms with E-state index in [0.29, 0.717) is 16.5 Å². The Morgan fingerprint density at radius 2 is 2.07 bits per heavy atom. The maximum absolute atomic E-state index is 12.8. The molecule has 4 aromatic heterocycles. The first-order valence-electron chi connectivity index (χ1n) is 9.44. The Kier molecular flexibility index (Phi) is 4.73. The van der Waals surface area contributed by atoms with Crippen molar-refractivity contribution in [1.82, 2.24) is 29.5 Å². The van der Waals surface area contributed by atoms with Gasteiger partial charge in [-0.05, 0) is 18.2 Å². The summed E-state index contributed by atoms with van der Waals surface area (Å²) in [6, 6.07) is 7.19. The number of piperazine rings is 1. The molecule has 5 rings (SSSR count). The molecule has 0 aliphatic carbocycles. The average molecular weight is 422 g/mol. The van der Waals surface area contributed by atoms with Crippen LogP contribution in [0.25, 0.3) is 10.8 Å². The number of carbonyl (C=O) groups is 1. The molecule has 0 radical (unpaired) electrons. The van der Waals surface area contributed by atoms with Crippen LogP contribution >= 0.6 is 11.3 Å². The van der Waals surface area contributed by atoms with Crippen molar-refractivity contribution in [3.63, 3.8) is 0 Å². The van der Waals surface area contributed by atoms with E-state index in [0.717, 1.165) is 31.9 Å². The van der Waals surface area contributed by atoms with Crippen LogP contribution in [0.3, 0.4) is 0 Å². The van der Waals surface area contributed by atoms with Gasteiger partial charge < -0.3 is 15.5 Å². The molecule has 0 unspecified atom stereocenters. The van der Waals surface area contributed by atoms with Crippen LogP contribution in [0.2, 0.25) is 0 Å². The standard InChI is InChI=1S/C19H18N8O2S/c28-17(22-13-11-21-5-4-15(13)25-9-6-20-7-10-25)14-12-30-18(23-14)27-19(29)26-8-2-1-3-16(26)24-27/h1-5,8,11-12,20H,6-7,9-10H2,(H,22,28). The van der Waals surface area contributed by atoms with Gasteiger partial charge in [-0.15, -0.1) is 16.4 Å². The molecular formula is C19H18N8O2S. The number of nitrogens with zero attached hydrogens (tertiary/aromatic N) is 6. The van der Waals surface area contributed by atoms with Gasteiger partial charge in [0.05, 0.1) is 17.6 Å². The molecule has 0 bridgehead atoms. The lowest BCUT2D eigenvalue weighted by Crippen LogP contribution is -2.43. The molecule has 0 saturated carbocycles. The van der Waals surface area contributed by atoms with Gasteiger partial charge >= 0.3 is 5.69 Å². The molecule has 1 aliphatic heterocycles. The van der Waals surface area contributed by atoms with Gasteiger partial charge in [-0.3, -0.25) is 9.78 Å². The van der Waals surface area contributed by atoms with E-state index in [9.17, 15) is 9.59 Å². The molecule has 152 valence electrons. The Hall–Kier alpha value is -3.57. The molecule has 11 heteroatoms. The Morgan fingerprint density at radius 1 is 1.20 bits per heavy atom. The molecule has 1 aliphatic rings. The minimum atomic E-state index is -0.362. The number of aromatic nitrogens is 5. The maximum Gasteiger partial charge on any atom is 0.357 e. The van der Waals surface area contributed by atoms with E-state index >= 15 is 0 Å². The molecule has 1 saturated heterocycles. The number of anilines is 2. The molecule has 10 nitrogen and oxygen atoms in total. The van der Waals surface area contributed by atoms with Crippen LogP contribution in [0.5, 0.6) is 0 Å². The summed E-state index contributed by atoms with van der Waals surface area (Å²) in [5, 5.41) is 12.4. The van der Waals surface area contributed by atoms with Crippen molar-refractivity contribution in [3.05, 3.63) is 64.4 Å². The molecule has 30 heavy (non-hydrogen) atoms. The number of nitrogens with one attached hydrogen (secondary N) is 2. The molecule has 4 aromatic rings. The van der Waals surface area contributed by atoms with E-state index in [2.05, 4.69) is 30.6 Å². The zero-order valence-electron chi connectivity index (χ0n) is 15.9. The fourth-order valence-corrected chi connectivity index (χ4v) is 4.11. The third kappa shape index (κ3) is 3.33. The Morgan fingerprint density at radius 3 is 2.90 bits per heavy atom. The van der Waals surface area contributed by atoms with E-state index in [-0.39, 0.29) is 17.3 Å². The first kappa shape index (κ1) is 18.5. The number of amides is 1. The highest BCUT2D eigenvalue weighted by molar-refractivity contribution is 7.12. The SMILES string of the molecule is O=C(Nc1cnccc1N1CCNCC1)c1csc(-n2nc3ccccn3c2=O)n1. The lowest BCUT2D eigenvalue weighted by Gasteiger charge is -2.30. The molecule has 0 atom stereocenters. The molecule has 5 heterocycles. The van der Waals surface area contributed by atoms with Crippen molar-refractivity contribution in [2.24, 2.45) is 0 Å². The fourth-order valence-electron chi connectivity index (χ4n) is 3.37. The molecule has 1 amide bonds. The first-order valence-corrected chi connectivity index (χ1v) is 10.3. The highest BCUT2D eigenvalue weighted by Crippen LogP contribution is 2.25. The molecule has 1 fully saturated rings. The van der Waals surface area contributed by atoms with Crippen LogP contribution in [0.1, 0.15) is 10.5 Å². The Balaban J connectivity index is 1.40. The van der Waals surface area contributed by atoms with Crippen molar-refractivity contribution >= 4 is 34.3 Å². The minimum Gasteiger partial charge on any atom is -0.367 e. The van der Waals surface area contributed by atoms with Crippen LogP contribution < -0.4 is 21.2 Å². The van der Waals surface area contributed by atoms with Gasteiger partial charge in [-0.1, -0.05) is 6.07 Å². The van der Waals surface area contributed by atoms with E-state index in [1.807, 2.05) is 6.07 Å². The van der Waals surface area contributed by atoms with Crippen molar-refractivity contribution in [1.29, 1.82) is 0 Å². The third-order valence-electron chi connectivity index (χ3n) is 4.84. The summed E-state index contributed by atoms with van der Waals surface area (Å²) < 4.78 is 2.63. The largest absolute Gasteiger partial charge is 0.367 e. The van der Waals surface area contributed by atoms with E-state index in [4.69, 9.17) is 0 Å². The van der Waals surface area contributed by atoms with Crippen molar-refractivity contribution < 1.29 is 4.79 Å². The quantitative estimate of drug-likeness (QED) is 0.505.